The number of unbranched alkanes of at least 4 members (excludes halogenated alkanes) is 2. The smallest absolute Gasteiger partial charge is 0.111 e. The van der Waals surface area contributed by atoms with Crippen LogP contribution in [-0.2, 0) is 0 Å². The summed E-state index contributed by atoms with van der Waals surface area (Å²) in [4.78, 5) is 0. The van der Waals surface area contributed by atoms with Gasteiger partial charge in [0, 0.05) is 0 Å². The topological polar surface area (TPSA) is 121 Å². The van der Waals surface area contributed by atoms with Crippen LogP contribution in [0.1, 0.15) is 32.6 Å². The molecule has 0 saturated carbocycles. The van der Waals surface area contributed by atoms with Gasteiger partial charge in [-0.25, -0.2) is 0 Å². The Kier molecular flexibility index (Phi) is 8.67. The second-order valence-electron chi connectivity index (χ2n) is 4.28. The third-order valence-corrected chi connectivity index (χ3v) is 2.78. The highest BCUT2D eigenvalue weighted by atomic mass is 16.4. The summed E-state index contributed by atoms with van der Waals surface area (Å²) in [5, 5.41) is 55.6. The molecule has 6 N–H and O–H groups in total. The van der Waals surface area contributed by atoms with Gasteiger partial charge in [-0.1, -0.05) is 26.2 Å². The number of aliphatic hydroxyl groups excluding tert-OH is 6. The highest BCUT2D eigenvalue weighted by molar-refractivity contribution is 4.84. The molecule has 5 atom stereocenters. The third kappa shape index (κ3) is 5.76. The molecule has 0 rings (SSSR count). The van der Waals surface area contributed by atoms with Gasteiger partial charge in [-0.05, 0) is 6.42 Å². The van der Waals surface area contributed by atoms with E-state index in [9.17, 15) is 20.4 Å². The van der Waals surface area contributed by atoms with Gasteiger partial charge in [0.2, 0.25) is 0 Å². The molecule has 0 radical (unpaired) electrons. The van der Waals surface area contributed by atoms with Crippen molar-refractivity contribution in [3.05, 3.63) is 0 Å². The van der Waals surface area contributed by atoms with Crippen molar-refractivity contribution >= 4 is 0 Å². The van der Waals surface area contributed by atoms with Crippen LogP contribution in [0.3, 0.4) is 0 Å². The van der Waals surface area contributed by atoms with Gasteiger partial charge in [-0.3, -0.25) is 0 Å². The molecular formula is C11H24O6. The highest BCUT2D eigenvalue weighted by Gasteiger charge is 2.33. The molecule has 0 fully saturated rings. The number of rotatable bonds is 9. The van der Waals surface area contributed by atoms with Gasteiger partial charge in [0.05, 0.1) is 12.7 Å². The van der Waals surface area contributed by atoms with Gasteiger partial charge < -0.3 is 30.6 Å². The normalized spacial score (nSPS) is 20.6. The van der Waals surface area contributed by atoms with Crippen molar-refractivity contribution in [1.82, 2.24) is 0 Å². The maximum atomic E-state index is 9.55. The largest absolute Gasteiger partial charge is 0.394 e. The molecule has 0 heterocycles. The molecule has 0 aliphatic carbocycles. The van der Waals surface area contributed by atoms with Gasteiger partial charge in [0.15, 0.2) is 0 Å². The summed E-state index contributed by atoms with van der Waals surface area (Å²) in [5.41, 5.74) is 0. The Labute approximate surface area is 101 Å². The maximum absolute atomic E-state index is 9.55. The SMILES string of the molecule is CCCCCC(O)C(O)C(O)C(O)C(O)CO. The summed E-state index contributed by atoms with van der Waals surface area (Å²) in [5.74, 6) is 0. The maximum Gasteiger partial charge on any atom is 0.111 e. The monoisotopic (exact) mass is 252 g/mol. The Morgan fingerprint density at radius 1 is 0.765 bits per heavy atom. The molecule has 104 valence electrons. The first-order chi connectivity index (χ1) is 7.95. The lowest BCUT2D eigenvalue weighted by Gasteiger charge is -2.28. The van der Waals surface area contributed by atoms with Crippen LogP contribution in [0.5, 0.6) is 0 Å². The van der Waals surface area contributed by atoms with E-state index in [1.54, 1.807) is 0 Å². The number of hydrogen-bond acceptors (Lipinski definition) is 6. The standard InChI is InChI=1S/C11H24O6/c1-2-3-4-5-7(13)9(15)11(17)10(16)8(14)6-12/h7-17H,2-6H2,1H3. The second-order valence-corrected chi connectivity index (χ2v) is 4.28. The van der Waals surface area contributed by atoms with E-state index in [1.807, 2.05) is 6.92 Å². The lowest BCUT2D eigenvalue weighted by Crippen LogP contribution is -2.49. The van der Waals surface area contributed by atoms with Crippen LogP contribution in [0, 0.1) is 0 Å². The molecule has 6 nitrogen and oxygen atoms in total. The molecule has 0 aliphatic rings. The first-order valence-electron chi connectivity index (χ1n) is 5.96. The van der Waals surface area contributed by atoms with Crippen molar-refractivity contribution in [2.24, 2.45) is 0 Å². The van der Waals surface area contributed by atoms with Crippen LogP contribution in [0.25, 0.3) is 0 Å². The molecule has 0 aromatic rings. The average Bonchev–Trinajstić information content (AvgIpc) is 2.35. The van der Waals surface area contributed by atoms with Crippen LogP contribution in [0.15, 0.2) is 0 Å². The molecule has 5 unspecified atom stereocenters. The zero-order valence-electron chi connectivity index (χ0n) is 10.1. The van der Waals surface area contributed by atoms with Gasteiger partial charge in [-0.2, -0.15) is 0 Å². The van der Waals surface area contributed by atoms with E-state index in [4.69, 9.17) is 10.2 Å². The van der Waals surface area contributed by atoms with Crippen molar-refractivity contribution in [1.29, 1.82) is 0 Å². The van der Waals surface area contributed by atoms with E-state index in [2.05, 4.69) is 0 Å². The molecule has 0 spiro atoms. The molecule has 0 saturated heterocycles. The Morgan fingerprint density at radius 3 is 1.76 bits per heavy atom. The van der Waals surface area contributed by atoms with Crippen LogP contribution in [0.4, 0.5) is 0 Å². The van der Waals surface area contributed by atoms with Gasteiger partial charge in [-0.15, -0.1) is 0 Å². The van der Waals surface area contributed by atoms with Crippen molar-refractivity contribution in [2.45, 2.75) is 63.1 Å². The summed E-state index contributed by atoms with van der Waals surface area (Å²) in [6.07, 6.45) is -4.71. The minimum atomic E-state index is -1.69. The lowest BCUT2D eigenvalue weighted by molar-refractivity contribution is -0.141. The van der Waals surface area contributed by atoms with E-state index in [0.29, 0.717) is 12.8 Å². The Balaban J connectivity index is 4.13. The molecule has 0 aromatic heterocycles. The minimum absolute atomic E-state index is 0.313. The fourth-order valence-corrected chi connectivity index (χ4v) is 1.54. The minimum Gasteiger partial charge on any atom is -0.394 e. The van der Waals surface area contributed by atoms with Crippen molar-refractivity contribution < 1.29 is 30.6 Å². The summed E-state index contributed by atoms with van der Waals surface area (Å²) in [6, 6.07) is 0. The number of aliphatic hydroxyl groups is 6. The number of hydrogen-bond donors (Lipinski definition) is 6. The zero-order chi connectivity index (χ0) is 13.4. The zero-order valence-corrected chi connectivity index (χ0v) is 10.1. The first-order valence-corrected chi connectivity index (χ1v) is 5.96. The Hall–Kier alpha value is -0.240. The van der Waals surface area contributed by atoms with Crippen molar-refractivity contribution in [3.63, 3.8) is 0 Å². The van der Waals surface area contributed by atoms with Crippen LogP contribution < -0.4 is 0 Å². The van der Waals surface area contributed by atoms with E-state index >= 15 is 0 Å². The Morgan fingerprint density at radius 2 is 1.29 bits per heavy atom. The molecule has 6 heteroatoms. The molecule has 0 aliphatic heterocycles. The van der Waals surface area contributed by atoms with Gasteiger partial charge >= 0.3 is 0 Å². The van der Waals surface area contributed by atoms with E-state index in [1.165, 1.54) is 0 Å². The predicted molar refractivity (Wildman–Crippen MR) is 61.3 cm³/mol. The molecule has 0 amide bonds. The quantitative estimate of drug-likeness (QED) is 0.274. The third-order valence-electron chi connectivity index (χ3n) is 2.78. The van der Waals surface area contributed by atoms with Crippen LogP contribution in [-0.4, -0.2) is 67.8 Å². The molecular weight excluding hydrogens is 228 g/mol. The van der Waals surface area contributed by atoms with E-state index in [0.717, 1.165) is 12.8 Å². The summed E-state index contributed by atoms with van der Waals surface area (Å²) < 4.78 is 0. The first kappa shape index (κ1) is 16.8. The predicted octanol–water partition coefficient (Wildman–Crippen LogP) is -1.64. The average molecular weight is 252 g/mol. The van der Waals surface area contributed by atoms with Crippen molar-refractivity contribution in [3.8, 4) is 0 Å². The van der Waals surface area contributed by atoms with Crippen LogP contribution in [0.2, 0.25) is 0 Å². The summed E-state index contributed by atoms with van der Waals surface area (Å²) in [6.45, 7) is 1.27. The fourth-order valence-electron chi connectivity index (χ4n) is 1.54. The molecule has 17 heavy (non-hydrogen) atoms. The van der Waals surface area contributed by atoms with E-state index < -0.39 is 37.1 Å². The van der Waals surface area contributed by atoms with Gasteiger partial charge in [0.25, 0.3) is 0 Å². The van der Waals surface area contributed by atoms with Crippen LogP contribution >= 0.6 is 0 Å². The van der Waals surface area contributed by atoms with Gasteiger partial charge in [0.1, 0.15) is 24.4 Å². The Bertz CT molecular complexity index is 189. The lowest BCUT2D eigenvalue weighted by atomic mass is 9.96. The van der Waals surface area contributed by atoms with Crippen molar-refractivity contribution in [2.75, 3.05) is 6.61 Å². The fraction of sp³-hybridized carbons (Fsp3) is 1.00. The van der Waals surface area contributed by atoms with E-state index in [-0.39, 0.29) is 0 Å². The summed E-state index contributed by atoms with van der Waals surface area (Å²) in [7, 11) is 0. The molecule has 0 aromatic carbocycles. The highest BCUT2D eigenvalue weighted by Crippen LogP contribution is 2.13. The summed E-state index contributed by atoms with van der Waals surface area (Å²) >= 11 is 0. The molecule has 0 bridgehead atoms. The second kappa shape index (κ2) is 8.79.